The van der Waals surface area contributed by atoms with Crippen molar-refractivity contribution in [1.82, 2.24) is 5.32 Å². The average Bonchev–Trinajstić information content (AvgIpc) is 3.12. The van der Waals surface area contributed by atoms with Gasteiger partial charge in [-0.1, -0.05) is 17.7 Å². The van der Waals surface area contributed by atoms with Gasteiger partial charge in [-0.05, 0) is 66.4 Å². The number of rotatable bonds is 5. The highest BCUT2D eigenvalue weighted by atomic mass is 35.5. The predicted octanol–water partition coefficient (Wildman–Crippen LogP) is 3.22. The fraction of sp³-hybridized carbons (Fsp3) is 0.217. The molecule has 1 aromatic heterocycles. The van der Waals surface area contributed by atoms with Gasteiger partial charge in [-0.25, -0.2) is 8.42 Å². The van der Waals surface area contributed by atoms with E-state index in [-0.39, 0.29) is 11.4 Å². The minimum Gasteiger partial charge on any atom is -0.619 e. The lowest BCUT2D eigenvalue weighted by Crippen LogP contribution is -2.42. The Morgan fingerprint density at radius 2 is 1.75 bits per heavy atom. The van der Waals surface area contributed by atoms with Crippen LogP contribution >= 0.6 is 11.6 Å². The molecule has 0 aliphatic carbocycles. The van der Waals surface area contributed by atoms with Crippen LogP contribution in [0.2, 0.25) is 5.02 Å². The number of benzene rings is 2. The predicted molar refractivity (Wildman–Crippen MR) is 122 cm³/mol. The lowest BCUT2D eigenvalue weighted by molar-refractivity contribution is -0.605. The largest absolute Gasteiger partial charge is 0.619 e. The summed E-state index contributed by atoms with van der Waals surface area (Å²) in [6, 6.07) is 12.2. The molecule has 7 nitrogen and oxygen atoms in total. The quantitative estimate of drug-likeness (QED) is 0.439. The van der Waals surface area contributed by atoms with Gasteiger partial charge in [0.25, 0.3) is 0 Å². The van der Waals surface area contributed by atoms with Crippen LogP contribution in [-0.4, -0.2) is 20.4 Å². The molecule has 2 unspecified atom stereocenters. The first-order chi connectivity index (χ1) is 15.1. The first-order valence-electron chi connectivity index (χ1n) is 9.99. The van der Waals surface area contributed by atoms with Gasteiger partial charge in [-0.2, -0.15) is 4.73 Å². The van der Waals surface area contributed by atoms with Gasteiger partial charge in [-0.3, -0.25) is 4.79 Å². The monoisotopic (exact) mass is 471 g/mol. The van der Waals surface area contributed by atoms with Crippen molar-refractivity contribution in [3.8, 4) is 0 Å². The fourth-order valence-electron chi connectivity index (χ4n) is 3.98. The molecule has 1 aliphatic heterocycles. The van der Waals surface area contributed by atoms with E-state index in [0.29, 0.717) is 21.0 Å². The van der Waals surface area contributed by atoms with Crippen molar-refractivity contribution in [2.45, 2.75) is 36.6 Å². The number of carbonyl (C=O) groups excluding carboxylic acids is 1. The van der Waals surface area contributed by atoms with E-state index in [4.69, 9.17) is 11.6 Å². The molecule has 3 aromatic rings. The molecule has 166 valence electrons. The topological polar surface area (TPSA) is 102 Å². The van der Waals surface area contributed by atoms with Gasteiger partial charge in [0.1, 0.15) is 11.3 Å². The van der Waals surface area contributed by atoms with Gasteiger partial charge in [-0.15, -0.1) is 0 Å². The molecule has 4 rings (SSSR count). The summed E-state index contributed by atoms with van der Waals surface area (Å²) in [7, 11) is -3.92. The molecule has 0 spiro atoms. The van der Waals surface area contributed by atoms with Crippen molar-refractivity contribution in [3.05, 3.63) is 93.4 Å². The Morgan fingerprint density at radius 3 is 2.41 bits per heavy atom. The number of amides is 1. The standard InChI is InChI=1S/C23H22ClN3O4S/c1-14-9-15(2)11-18(10-14)32(30,31)22-19-12-17(24)3-4-20(19)26-21(22)23(28)25-13-16-5-7-27(29)8-6-16/h3-12,21-22,26H,13H2,1-2H3,(H,25,28). The van der Waals surface area contributed by atoms with Crippen molar-refractivity contribution >= 4 is 33.0 Å². The van der Waals surface area contributed by atoms with Crippen LogP contribution in [0.1, 0.15) is 27.5 Å². The molecule has 2 N–H and O–H groups in total. The third-order valence-corrected chi connectivity index (χ3v) is 7.73. The molecule has 2 heterocycles. The number of carbonyl (C=O) groups is 1. The molecule has 9 heteroatoms. The highest BCUT2D eigenvalue weighted by molar-refractivity contribution is 7.91. The number of sulfone groups is 1. The first kappa shape index (κ1) is 22.1. The summed E-state index contributed by atoms with van der Waals surface area (Å²) < 4.78 is 28.1. The summed E-state index contributed by atoms with van der Waals surface area (Å²) in [5.74, 6) is -0.464. The van der Waals surface area contributed by atoms with Gasteiger partial charge in [0.05, 0.1) is 4.90 Å². The van der Waals surface area contributed by atoms with Crippen LogP contribution in [-0.2, 0) is 21.2 Å². The Balaban J connectivity index is 1.70. The van der Waals surface area contributed by atoms with Crippen LogP contribution in [0.15, 0.2) is 65.8 Å². The number of aromatic nitrogens is 1. The molecule has 0 radical (unpaired) electrons. The number of fused-ring (bicyclic) bond motifs is 1. The number of nitrogens with zero attached hydrogens (tertiary/aromatic N) is 1. The third-order valence-electron chi connectivity index (χ3n) is 5.41. The zero-order valence-corrected chi connectivity index (χ0v) is 19.1. The van der Waals surface area contributed by atoms with Gasteiger partial charge in [0.2, 0.25) is 5.91 Å². The first-order valence-corrected chi connectivity index (χ1v) is 11.9. The zero-order chi connectivity index (χ0) is 23.0. The lowest BCUT2D eigenvalue weighted by atomic mass is 10.1. The summed E-state index contributed by atoms with van der Waals surface area (Å²) >= 11 is 6.17. The van der Waals surface area contributed by atoms with E-state index in [2.05, 4.69) is 10.6 Å². The molecule has 1 aliphatic rings. The smallest absolute Gasteiger partial charge is 0.244 e. The van der Waals surface area contributed by atoms with Crippen LogP contribution in [0.25, 0.3) is 0 Å². The number of hydrogen-bond acceptors (Lipinski definition) is 5. The van der Waals surface area contributed by atoms with E-state index in [1.807, 2.05) is 19.9 Å². The van der Waals surface area contributed by atoms with Gasteiger partial charge in [0, 0.05) is 29.4 Å². The number of halogens is 1. The van der Waals surface area contributed by atoms with Gasteiger partial charge >= 0.3 is 0 Å². The number of pyridine rings is 1. The minimum atomic E-state index is -3.92. The number of nitrogens with one attached hydrogen (secondary N) is 2. The van der Waals surface area contributed by atoms with E-state index in [1.165, 1.54) is 12.4 Å². The summed E-state index contributed by atoms with van der Waals surface area (Å²) in [5.41, 5.74) is 3.38. The highest BCUT2D eigenvalue weighted by Gasteiger charge is 2.46. The van der Waals surface area contributed by atoms with E-state index < -0.39 is 27.0 Å². The Kier molecular flexibility index (Phi) is 5.83. The Morgan fingerprint density at radius 1 is 1.09 bits per heavy atom. The molecule has 2 aromatic carbocycles. The van der Waals surface area contributed by atoms with E-state index in [9.17, 15) is 18.4 Å². The van der Waals surface area contributed by atoms with Crippen LogP contribution in [0.3, 0.4) is 0 Å². The molecule has 0 bridgehead atoms. The van der Waals surface area contributed by atoms with E-state index in [1.54, 1.807) is 42.5 Å². The summed E-state index contributed by atoms with van der Waals surface area (Å²) in [4.78, 5) is 13.3. The van der Waals surface area contributed by atoms with E-state index >= 15 is 0 Å². The van der Waals surface area contributed by atoms with Crippen molar-refractivity contribution in [2.75, 3.05) is 5.32 Å². The third kappa shape index (κ3) is 4.28. The molecular formula is C23H22ClN3O4S. The minimum absolute atomic E-state index is 0.158. The number of aryl methyl sites for hydroxylation is 2. The summed E-state index contributed by atoms with van der Waals surface area (Å²) in [6.07, 6.45) is 2.67. The van der Waals surface area contributed by atoms with E-state index in [0.717, 1.165) is 16.7 Å². The van der Waals surface area contributed by atoms with Crippen LogP contribution in [0.5, 0.6) is 0 Å². The van der Waals surface area contributed by atoms with Crippen molar-refractivity contribution in [2.24, 2.45) is 0 Å². The normalized spacial score (nSPS) is 17.5. The SMILES string of the molecule is Cc1cc(C)cc(S(=O)(=O)C2c3cc(Cl)ccc3NC2C(=O)NCc2cc[n+]([O-])cc2)c1. The molecule has 0 saturated carbocycles. The molecule has 0 saturated heterocycles. The Labute approximate surface area is 191 Å². The van der Waals surface area contributed by atoms with Gasteiger partial charge < -0.3 is 15.8 Å². The number of hydrogen-bond donors (Lipinski definition) is 2. The lowest BCUT2D eigenvalue weighted by Gasteiger charge is -2.21. The second kappa shape index (κ2) is 8.44. The average molecular weight is 472 g/mol. The molecular weight excluding hydrogens is 450 g/mol. The maximum atomic E-state index is 13.7. The summed E-state index contributed by atoms with van der Waals surface area (Å²) in [5, 5.41) is 16.3. The van der Waals surface area contributed by atoms with Crippen LogP contribution in [0.4, 0.5) is 5.69 Å². The Hall–Kier alpha value is -3.10. The highest BCUT2D eigenvalue weighted by Crippen LogP contribution is 2.43. The molecule has 32 heavy (non-hydrogen) atoms. The maximum absolute atomic E-state index is 13.7. The van der Waals surface area contributed by atoms with Crippen molar-refractivity contribution in [3.63, 3.8) is 0 Å². The fourth-order valence-corrected chi connectivity index (χ4v) is 6.23. The van der Waals surface area contributed by atoms with Gasteiger partial charge in [0.15, 0.2) is 22.2 Å². The molecule has 0 fully saturated rings. The van der Waals surface area contributed by atoms with Crippen molar-refractivity contribution in [1.29, 1.82) is 0 Å². The summed E-state index contributed by atoms with van der Waals surface area (Å²) in [6.45, 7) is 3.82. The molecule has 1 amide bonds. The zero-order valence-electron chi connectivity index (χ0n) is 17.5. The van der Waals surface area contributed by atoms with Crippen LogP contribution < -0.4 is 15.4 Å². The van der Waals surface area contributed by atoms with Crippen LogP contribution in [0, 0.1) is 19.1 Å². The maximum Gasteiger partial charge on any atom is 0.244 e. The molecule has 2 atom stereocenters. The van der Waals surface area contributed by atoms with Crippen molar-refractivity contribution < 1.29 is 17.9 Å². The second-order valence-electron chi connectivity index (χ2n) is 7.93. The number of anilines is 1. The Bertz CT molecular complexity index is 1270. The second-order valence-corrected chi connectivity index (χ2v) is 10.4.